The van der Waals surface area contributed by atoms with Crippen molar-refractivity contribution in [1.29, 1.82) is 0 Å². The van der Waals surface area contributed by atoms with E-state index in [-0.39, 0.29) is 23.1 Å². The summed E-state index contributed by atoms with van der Waals surface area (Å²) in [6.07, 6.45) is 5.07. The number of anilines is 2. The largest absolute Gasteiger partial charge is 0.335 e. The Labute approximate surface area is 299 Å². The fraction of sp³-hybridized carbons (Fsp3) is 0.208. The highest BCUT2D eigenvalue weighted by atomic mass is 15.3. The third-order valence-corrected chi connectivity index (χ3v) is 14.8. The van der Waals surface area contributed by atoms with Gasteiger partial charge in [-0.2, -0.15) is 0 Å². The standard InChI is InChI=1S/C48H37BN2/c1-28-26-39-42-40(27-28)51-45-36(46(2)24-10-11-25-47(46,51)3)21-13-23-38(45)49(42)37-22-12-17-32-41-44(50(39)43(32)37)31-16-6-9-20-35(31)48(41)33-18-7-4-14-29(33)30-15-5-8-19-34(30)48/h4-9,12-23,26-27H,10-11,24-25H2,1-3H3. The molecule has 4 heterocycles. The Bertz CT molecular complexity index is 2740. The predicted octanol–water partition coefficient (Wildman–Crippen LogP) is 9.17. The zero-order chi connectivity index (χ0) is 33.6. The SMILES string of the molecule is Cc1cc2c3c(c1)-n1c4c(c5cccc(c51)B3c1cccc3c1N2C1(C)CCCCC31C)C1(c2ccccc2-c2ccccc21)c1ccccc1-4. The number of nitrogens with zero attached hydrogens (tertiary/aromatic N) is 2. The molecule has 0 bridgehead atoms. The molecule has 0 radical (unpaired) electrons. The molecule has 1 fully saturated rings. The lowest BCUT2D eigenvalue weighted by Crippen LogP contribution is -2.64. The first kappa shape index (κ1) is 27.4. The lowest BCUT2D eigenvalue weighted by Gasteiger charge is -2.52. The van der Waals surface area contributed by atoms with Crippen molar-refractivity contribution < 1.29 is 0 Å². The van der Waals surface area contributed by atoms with Gasteiger partial charge in [0.1, 0.15) is 0 Å². The van der Waals surface area contributed by atoms with E-state index < -0.39 is 0 Å². The van der Waals surface area contributed by atoms with E-state index in [1.165, 1.54) is 120 Å². The Morgan fingerprint density at radius 1 is 0.608 bits per heavy atom. The van der Waals surface area contributed by atoms with Crippen molar-refractivity contribution in [2.24, 2.45) is 0 Å². The number of rotatable bonds is 0. The molecule has 6 aliphatic rings. The Morgan fingerprint density at radius 3 is 1.98 bits per heavy atom. The summed E-state index contributed by atoms with van der Waals surface area (Å²) in [6.45, 7) is 7.68. The number of hydrogen-bond donors (Lipinski definition) is 0. The average Bonchev–Trinajstić information content (AvgIpc) is 3.82. The van der Waals surface area contributed by atoms with Gasteiger partial charge in [-0.25, -0.2) is 0 Å². The molecular formula is C48H37BN2. The molecule has 1 spiro atoms. The van der Waals surface area contributed by atoms with Crippen LogP contribution in [0.15, 0.2) is 121 Å². The van der Waals surface area contributed by atoms with Crippen molar-refractivity contribution in [3.05, 3.63) is 155 Å². The molecule has 3 aliphatic carbocycles. The van der Waals surface area contributed by atoms with Crippen LogP contribution >= 0.6 is 0 Å². The van der Waals surface area contributed by atoms with Crippen LogP contribution in [0.1, 0.15) is 72.9 Å². The summed E-state index contributed by atoms with van der Waals surface area (Å²) in [7, 11) is 0. The van der Waals surface area contributed by atoms with Gasteiger partial charge in [0.05, 0.1) is 16.6 Å². The van der Waals surface area contributed by atoms with Crippen molar-refractivity contribution in [2.75, 3.05) is 4.90 Å². The molecule has 2 unspecified atom stereocenters. The molecule has 3 aliphatic heterocycles. The third-order valence-electron chi connectivity index (χ3n) is 14.8. The van der Waals surface area contributed by atoms with E-state index in [1.807, 2.05) is 0 Å². The van der Waals surface area contributed by atoms with Crippen molar-refractivity contribution >= 4 is 45.4 Å². The first-order chi connectivity index (χ1) is 25.0. The van der Waals surface area contributed by atoms with Crippen LogP contribution in [0.25, 0.3) is 39.0 Å². The van der Waals surface area contributed by atoms with Gasteiger partial charge in [0.15, 0.2) is 0 Å². The fourth-order valence-electron chi connectivity index (χ4n) is 12.7. The molecule has 242 valence electrons. The molecule has 2 nitrogen and oxygen atoms in total. The van der Waals surface area contributed by atoms with E-state index in [1.54, 1.807) is 5.56 Å². The van der Waals surface area contributed by atoms with Crippen molar-refractivity contribution in [2.45, 2.75) is 62.8 Å². The first-order valence-corrected chi connectivity index (χ1v) is 19.0. The maximum Gasteiger partial charge on any atom is 0.252 e. The molecule has 0 amide bonds. The molecule has 13 rings (SSSR count). The monoisotopic (exact) mass is 652 g/mol. The van der Waals surface area contributed by atoms with Gasteiger partial charge in [0.25, 0.3) is 6.71 Å². The molecule has 1 aromatic heterocycles. The summed E-state index contributed by atoms with van der Waals surface area (Å²) in [4.78, 5) is 2.85. The number of para-hydroxylation sites is 2. The maximum absolute atomic E-state index is 2.85. The highest BCUT2D eigenvalue weighted by molar-refractivity contribution is 7.00. The van der Waals surface area contributed by atoms with E-state index >= 15 is 0 Å². The van der Waals surface area contributed by atoms with E-state index in [9.17, 15) is 0 Å². The quantitative estimate of drug-likeness (QED) is 0.148. The first-order valence-electron chi connectivity index (χ1n) is 19.0. The second kappa shape index (κ2) is 8.60. The Hall–Kier alpha value is -5.28. The maximum atomic E-state index is 2.85. The topological polar surface area (TPSA) is 8.17 Å². The second-order valence-corrected chi connectivity index (χ2v) is 16.7. The number of benzene rings is 6. The van der Waals surface area contributed by atoms with Crippen LogP contribution in [0.5, 0.6) is 0 Å². The summed E-state index contributed by atoms with van der Waals surface area (Å²) in [5.74, 6) is 0. The van der Waals surface area contributed by atoms with Crippen LogP contribution in [0.4, 0.5) is 11.4 Å². The molecule has 6 aromatic carbocycles. The number of hydrogen-bond acceptors (Lipinski definition) is 1. The van der Waals surface area contributed by atoms with Crippen molar-refractivity contribution in [3.63, 3.8) is 0 Å². The van der Waals surface area contributed by atoms with Crippen LogP contribution in [-0.2, 0) is 10.8 Å². The average molecular weight is 653 g/mol. The lowest BCUT2D eigenvalue weighted by atomic mass is 9.33. The molecular weight excluding hydrogens is 615 g/mol. The number of aryl methyl sites for hydroxylation is 1. The van der Waals surface area contributed by atoms with Crippen LogP contribution in [-0.4, -0.2) is 16.8 Å². The van der Waals surface area contributed by atoms with Gasteiger partial charge in [-0.15, -0.1) is 0 Å². The molecule has 51 heavy (non-hydrogen) atoms. The Kier molecular flexibility index (Phi) is 4.63. The molecule has 3 heteroatoms. The third kappa shape index (κ3) is 2.71. The van der Waals surface area contributed by atoms with Crippen molar-refractivity contribution in [3.8, 4) is 28.1 Å². The van der Waals surface area contributed by atoms with E-state index in [2.05, 4.69) is 152 Å². The number of fused-ring (bicyclic) bond motifs is 19. The van der Waals surface area contributed by atoms with E-state index in [0.717, 1.165) is 0 Å². The molecule has 7 aromatic rings. The highest BCUT2D eigenvalue weighted by Crippen LogP contribution is 2.66. The minimum absolute atomic E-state index is 0.0368. The van der Waals surface area contributed by atoms with Gasteiger partial charge in [-0.05, 0) is 94.2 Å². The second-order valence-electron chi connectivity index (χ2n) is 16.7. The van der Waals surface area contributed by atoms with Gasteiger partial charge in [-0.1, -0.05) is 129 Å². The summed E-state index contributed by atoms with van der Waals surface area (Å²) in [5, 5.41) is 1.39. The number of aromatic nitrogens is 1. The minimum atomic E-state index is -0.381. The summed E-state index contributed by atoms with van der Waals surface area (Å²) >= 11 is 0. The minimum Gasteiger partial charge on any atom is -0.335 e. The normalized spacial score (nSPS) is 22.7. The van der Waals surface area contributed by atoms with Gasteiger partial charge in [0.2, 0.25) is 0 Å². The van der Waals surface area contributed by atoms with E-state index in [4.69, 9.17) is 0 Å². The van der Waals surface area contributed by atoms with Crippen LogP contribution in [0, 0.1) is 6.92 Å². The van der Waals surface area contributed by atoms with Gasteiger partial charge >= 0.3 is 0 Å². The molecule has 2 atom stereocenters. The lowest BCUT2D eigenvalue weighted by molar-refractivity contribution is 0.195. The van der Waals surface area contributed by atoms with Crippen LogP contribution in [0.3, 0.4) is 0 Å². The summed E-state index contributed by atoms with van der Waals surface area (Å²) in [6, 6.07) is 47.4. The van der Waals surface area contributed by atoms with Crippen LogP contribution in [0.2, 0.25) is 0 Å². The summed E-state index contributed by atoms with van der Waals surface area (Å²) < 4.78 is 2.73. The Morgan fingerprint density at radius 2 is 1.22 bits per heavy atom. The zero-order valence-electron chi connectivity index (χ0n) is 29.3. The van der Waals surface area contributed by atoms with Crippen LogP contribution < -0.4 is 21.3 Å². The molecule has 0 N–H and O–H groups in total. The zero-order valence-corrected chi connectivity index (χ0v) is 29.3. The highest BCUT2D eigenvalue weighted by Gasteiger charge is 2.62. The fourth-order valence-corrected chi connectivity index (χ4v) is 12.7. The van der Waals surface area contributed by atoms with E-state index in [0.29, 0.717) is 0 Å². The van der Waals surface area contributed by atoms with Crippen molar-refractivity contribution in [1.82, 2.24) is 4.57 Å². The smallest absolute Gasteiger partial charge is 0.252 e. The molecule has 0 saturated heterocycles. The van der Waals surface area contributed by atoms with Gasteiger partial charge in [0, 0.05) is 44.5 Å². The molecule has 1 saturated carbocycles. The summed E-state index contributed by atoms with van der Waals surface area (Å²) in [5.41, 5.74) is 24.0. The predicted molar refractivity (Wildman–Crippen MR) is 212 cm³/mol. The Balaban J connectivity index is 1.22. The van der Waals surface area contributed by atoms with Gasteiger partial charge in [-0.3, -0.25) is 0 Å². The van der Waals surface area contributed by atoms with Gasteiger partial charge < -0.3 is 9.47 Å².